The summed E-state index contributed by atoms with van der Waals surface area (Å²) in [6, 6.07) is 11.4. The minimum Gasteiger partial charge on any atom is -0.490 e. The predicted molar refractivity (Wildman–Crippen MR) is 110 cm³/mol. The van der Waals surface area contributed by atoms with Gasteiger partial charge in [0.25, 0.3) is 5.69 Å². The molecule has 2 aromatic rings. The number of allylic oxidation sites excluding steroid dienone is 1. The van der Waals surface area contributed by atoms with E-state index in [1.54, 1.807) is 30.3 Å². The third-order valence-corrected chi connectivity index (χ3v) is 4.33. The molecule has 6 nitrogen and oxygen atoms in total. The molecule has 0 fully saturated rings. The highest BCUT2D eigenvalue weighted by Crippen LogP contribution is 2.38. The van der Waals surface area contributed by atoms with Gasteiger partial charge in [-0.15, -0.1) is 0 Å². The molecule has 146 valence electrons. The fraction of sp³-hybridized carbons (Fsp3) is 0.286. The number of ether oxygens (including phenoxy) is 2. The lowest BCUT2D eigenvalue weighted by molar-refractivity contribution is -0.384. The molecule has 0 saturated carbocycles. The lowest BCUT2D eigenvalue weighted by atomic mass is 10.0. The first-order valence-electron chi connectivity index (χ1n) is 8.89. The van der Waals surface area contributed by atoms with Gasteiger partial charge in [0.2, 0.25) is 0 Å². The summed E-state index contributed by atoms with van der Waals surface area (Å²) >= 11 is 6.41. The minimum absolute atomic E-state index is 0.0205. The summed E-state index contributed by atoms with van der Waals surface area (Å²) in [5.41, 5.74) is 1.56. The molecule has 2 rings (SSSR count). The number of nitro groups is 1. The Morgan fingerprint density at radius 1 is 1.32 bits per heavy atom. The predicted octanol–water partition coefficient (Wildman–Crippen LogP) is 5.89. The Bertz CT molecular complexity index is 917. The number of halogens is 1. The van der Waals surface area contributed by atoms with E-state index in [9.17, 15) is 15.4 Å². The molecule has 7 heteroatoms. The molecule has 0 radical (unpaired) electrons. The van der Waals surface area contributed by atoms with Crippen LogP contribution >= 0.6 is 11.6 Å². The molecule has 1 atom stereocenters. The average Bonchev–Trinajstić information content (AvgIpc) is 2.68. The highest BCUT2D eigenvalue weighted by Gasteiger charge is 2.15. The van der Waals surface area contributed by atoms with Crippen molar-refractivity contribution in [1.29, 1.82) is 5.26 Å². The largest absolute Gasteiger partial charge is 0.490 e. The van der Waals surface area contributed by atoms with Crippen LogP contribution in [0.5, 0.6) is 11.5 Å². The molecular formula is C21H21ClN2O4. The van der Waals surface area contributed by atoms with Crippen LogP contribution in [-0.2, 0) is 0 Å². The van der Waals surface area contributed by atoms with E-state index in [2.05, 4.69) is 6.07 Å². The fourth-order valence-electron chi connectivity index (χ4n) is 2.44. The van der Waals surface area contributed by atoms with Gasteiger partial charge in [0.15, 0.2) is 11.5 Å². The van der Waals surface area contributed by atoms with Crippen LogP contribution in [-0.4, -0.2) is 17.6 Å². The first-order chi connectivity index (χ1) is 13.4. The number of nitro benzene ring substituents is 1. The maximum absolute atomic E-state index is 10.8. The van der Waals surface area contributed by atoms with Crippen LogP contribution in [0.1, 0.15) is 38.3 Å². The summed E-state index contributed by atoms with van der Waals surface area (Å²) in [6.07, 6.45) is 2.46. The second-order valence-electron chi connectivity index (χ2n) is 6.07. The molecule has 0 amide bonds. The Hall–Kier alpha value is -3.04. The number of non-ortho nitro benzene ring substituents is 1. The molecule has 0 unspecified atom stereocenters. The minimum atomic E-state index is -0.482. The Balaban J connectivity index is 2.44. The second kappa shape index (κ2) is 9.77. The highest BCUT2D eigenvalue weighted by atomic mass is 35.5. The Kier molecular flexibility index (Phi) is 7.42. The van der Waals surface area contributed by atoms with E-state index in [1.807, 2.05) is 20.8 Å². The third kappa shape index (κ3) is 5.24. The highest BCUT2D eigenvalue weighted by molar-refractivity contribution is 6.32. The van der Waals surface area contributed by atoms with Crippen LogP contribution in [0.15, 0.2) is 36.4 Å². The van der Waals surface area contributed by atoms with E-state index in [0.717, 1.165) is 6.42 Å². The fourth-order valence-corrected chi connectivity index (χ4v) is 2.71. The van der Waals surface area contributed by atoms with Gasteiger partial charge in [-0.2, -0.15) is 5.26 Å². The van der Waals surface area contributed by atoms with Crippen molar-refractivity contribution in [2.75, 3.05) is 6.61 Å². The molecular weight excluding hydrogens is 380 g/mol. The SMILES string of the molecule is CCOc1cc(/C=C(/C#N)c2ccc([N+](=O)[O-])cc2)cc(Cl)c1O[C@@H](C)CC. The van der Waals surface area contributed by atoms with Crippen molar-refractivity contribution >= 4 is 28.9 Å². The van der Waals surface area contributed by atoms with Gasteiger partial charge in [0.1, 0.15) is 0 Å². The smallest absolute Gasteiger partial charge is 0.269 e. The van der Waals surface area contributed by atoms with E-state index in [-0.39, 0.29) is 11.8 Å². The maximum atomic E-state index is 10.8. The van der Waals surface area contributed by atoms with Crippen molar-refractivity contribution in [1.82, 2.24) is 0 Å². The molecule has 0 N–H and O–H groups in total. The van der Waals surface area contributed by atoms with Crippen LogP contribution in [0, 0.1) is 21.4 Å². The van der Waals surface area contributed by atoms with Crippen molar-refractivity contribution in [2.45, 2.75) is 33.3 Å². The molecule has 0 aliphatic rings. The topological polar surface area (TPSA) is 85.4 Å². The number of nitrogens with zero attached hydrogens (tertiary/aromatic N) is 2. The van der Waals surface area contributed by atoms with Crippen LogP contribution in [0.3, 0.4) is 0 Å². The zero-order chi connectivity index (χ0) is 20.7. The maximum Gasteiger partial charge on any atom is 0.269 e. The molecule has 0 aliphatic heterocycles. The van der Waals surface area contributed by atoms with Crippen LogP contribution in [0.25, 0.3) is 11.6 Å². The summed E-state index contributed by atoms with van der Waals surface area (Å²) in [4.78, 5) is 10.3. The molecule has 0 spiro atoms. The van der Waals surface area contributed by atoms with Gasteiger partial charge in [0.05, 0.1) is 34.3 Å². The van der Waals surface area contributed by atoms with E-state index in [1.165, 1.54) is 12.1 Å². The van der Waals surface area contributed by atoms with Gasteiger partial charge >= 0.3 is 0 Å². The van der Waals surface area contributed by atoms with Crippen molar-refractivity contribution in [3.63, 3.8) is 0 Å². The zero-order valence-electron chi connectivity index (χ0n) is 15.9. The van der Waals surface area contributed by atoms with Crippen molar-refractivity contribution in [2.24, 2.45) is 0 Å². The molecule has 28 heavy (non-hydrogen) atoms. The summed E-state index contributed by atoms with van der Waals surface area (Å²) in [7, 11) is 0. The Morgan fingerprint density at radius 3 is 2.54 bits per heavy atom. The van der Waals surface area contributed by atoms with Crippen LogP contribution < -0.4 is 9.47 Å². The quantitative estimate of drug-likeness (QED) is 0.239. The lowest BCUT2D eigenvalue weighted by Gasteiger charge is -2.18. The van der Waals surface area contributed by atoms with Crippen molar-refractivity contribution in [3.8, 4) is 17.6 Å². The van der Waals surface area contributed by atoms with Crippen LogP contribution in [0.2, 0.25) is 5.02 Å². The molecule has 0 bridgehead atoms. The van der Waals surface area contributed by atoms with Crippen molar-refractivity contribution in [3.05, 3.63) is 62.7 Å². The zero-order valence-corrected chi connectivity index (χ0v) is 16.7. The molecule has 0 aliphatic carbocycles. The summed E-state index contributed by atoms with van der Waals surface area (Å²) < 4.78 is 11.5. The molecule has 0 saturated heterocycles. The van der Waals surface area contributed by atoms with E-state index >= 15 is 0 Å². The van der Waals surface area contributed by atoms with E-state index < -0.39 is 4.92 Å². The lowest BCUT2D eigenvalue weighted by Crippen LogP contribution is -2.11. The van der Waals surface area contributed by atoms with Gasteiger partial charge in [-0.25, -0.2) is 0 Å². The summed E-state index contributed by atoms with van der Waals surface area (Å²) in [6.45, 7) is 6.26. The van der Waals surface area contributed by atoms with Gasteiger partial charge in [0, 0.05) is 12.1 Å². The normalized spacial score (nSPS) is 12.2. The molecule has 0 heterocycles. The Labute approximate surface area is 169 Å². The number of nitriles is 1. The van der Waals surface area contributed by atoms with Crippen molar-refractivity contribution < 1.29 is 14.4 Å². The van der Waals surface area contributed by atoms with E-state index in [4.69, 9.17) is 21.1 Å². The number of benzene rings is 2. The van der Waals surface area contributed by atoms with Gasteiger partial charge in [-0.3, -0.25) is 10.1 Å². The summed E-state index contributed by atoms with van der Waals surface area (Å²) in [5.74, 6) is 0.978. The van der Waals surface area contributed by atoms with Crippen LogP contribution in [0.4, 0.5) is 5.69 Å². The first kappa shape index (κ1) is 21.3. The van der Waals surface area contributed by atoms with Gasteiger partial charge in [-0.1, -0.05) is 18.5 Å². The van der Waals surface area contributed by atoms with Gasteiger partial charge in [-0.05, 0) is 61.7 Å². The summed E-state index contributed by atoms with van der Waals surface area (Å²) in [5, 5.41) is 20.7. The first-order valence-corrected chi connectivity index (χ1v) is 9.27. The number of hydrogen-bond donors (Lipinski definition) is 0. The second-order valence-corrected chi connectivity index (χ2v) is 6.48. The molecule has 2 aromatic carbocycles. The third-order valence-electron chi connectivity index (χ3n) is 4.05. The number of hydrogen-bond acceptors (Lipinski definition) is 5. The average molecular weight is 401 g/mol. The monoisotopic (exact) mass is 400 g/mol. The Morgan fingerprint density at radius 2 is 2.00 bits per heavy atom. The van der Waals surface area contributed by atoms with Gasteiger partial charge < -0.3 is 9.47 Å². The molecule has 0 aromatic heterocycles. The number of rotatable bonds is 8. The van der Waals surface area contributed by atoms with E-state index in [0.29, 0.717) is 39.8 Å². The standard InChI is InChI=1S/C21H21ClN2O4/c1-4-14(3)28-21-19(22)11-15(12-20(21)27-5-2)10-17(13-23)16-6-8-18(9-7-16)24(25)26/h6-12,14H,4-5H2,1-3H3/b17-10-/t14-/m0/s1.